The Hall–Kier alpha value is -1.20. The minimum atomic E-state index is -0.330. The van der Waals surface area contributed by atoms with Crippen LogP contribution in [0.4, 0.5) is 4.39 Å². The molecule has 1 fully saturated rings. The van der Waals surface area contributed by atoms with Gasteiger partial charge in [-0.15, -0.1) is 0 Å². The molecule has 1 aliphatic rings. The molecule has 1 amide bonds. The number of amides is 1. The van der Waals surface area contributed by atoms with E-state index in [1.165, 1.54) is 17.8 Å². The molecular formula is C15H16FNOS2. The second-order valence-electron chi connectivity index (χ2n) is 4.56. The Morgan fingerprint density at radius 1 is 1.35 bits per heavy atom. The lowest BCUT2D eigenvalue weighted by Crippen LogP contribution is -2.28. The van der Waals surface area contributed by atoms with Crippen LogP contribution in [0.15, 0.2) is 29.2 Å². The first-order valence-corrected chi connectivity index (χ1v) is 7.86. The van der Waals surface area contributed by atoms with E-state index in [1.54, 1.807) is 29.2 Å². The predicted octanol–water partition coefficient (Wildman–Crippen LogP) is 4.22. The van der Waals surface area contributed by atoms with Gasteiger partial charge in [0, 0.05) is 12.1 Å². The van der Waals surface area contributed by atoms with Crippen LogP contribution in [0.3, 0.4) is 0 Å². The van der Waals surface area contributed by atoms with E-state index in [-0.39, 0.29) is 11.7 Å². The third-order valence-corrected chi connectivity index (χ3v) is 4.43. The smallest absolute Gasteiger partial charge is 0.266 e. The molecule has 0 atom stereocenters. The van der Waals surface area contributed by atoms with Crippen LogP contribution in [0.25, 0.3) is 6.08 Å². The fourth-order valence-electron chi connectivity index (χ4n) is 1.95. The number of carbonyl (C=O) groups excluding carboxylic acids is 1. The number of rotatable bonds is 5. The van der Waals surface area contributed by atoms with Gasteiger partial charge >= 0.3 is 0 Å². The van der Waals surface area contributed by atoms with Crippen LogP contribution < -0.4 is 0 Å². The number of nitrogens with zero attached hydrogens (tertiary/aromatic N) is 1. The van der Waals surface area contributed by atoms with E-state index in [2.05, 4.69) is 6.92 Å². The molecular weight excluding hydrogens is 293 g/mol. The Kier molecular flexibility index (Phi) is 5.31. The number of hydrogen-bond acceptors (Lipinski definition) is 3. The molecule has 0 aromatic heterocycles. The molecule has 0 radical (unpaired) electrons. The molecule has 1 saturated heterocycles. The lowest BCUT2D eigenvalue weighted by Gasteiger charge is -2.13. The first kappa shape index (κ1) is 15.2. The highest BCUT2D eigenvalue weighted by Gasteiger charge is 2.31. The van der Waals surface area contributed by atoms with Crippen molar-refractivity contribution in [2.75, 3.05) is 6.54 Å². The summed E-state index contributed by atoms with van der Waals surface area (Å²) in [7, 11) is 0. The Morgan fingerprint density at radius 2 is 2.10 bits per heavy atom. The van der Waals surface area contributed by atoms with Gasteiger partial charge in [0.15, 0.2) is 0 Å². The number of unbranched alkanes of at least 4 members (excludes halogenated alkanes) is 2. The summed E-state index contributed by atoms with van der Waals surface area (Å²) in [4.78, 5) is 14.4. The maximum Gasteiger partial charge on any atom is 0.266 e. The summed E-state index contributed by atoms with van der Waals surface area (Å²) in [6.07, 6.45) is 4.69. The Bertz CT molecular complexity index is 557. The average molecular weight is 309 g/mol. The van der Waals surface area contributed by atoms with Gasteiger partial charge in [-0.1, -0.05) is 61.9 Å². The normalized spacial score (nSPS) is 17.3. The van der Waals surface area contributed by atoms with Gasteiger partial charge in [0.25, 0.3) is 5.91 Å². The van der Waals surface area contributed by atoms with Crippen molar-refractivity contribution in [3.63, 3.8) is 0 Å². The van der Waals surface area contributed by atoms with E-state index in [0.29, 0.717) is 21.3 Å². The standard InChI is InChI=1S/C15H16FNOS2/c1-2-3-6-9-17-14(18)13(20-15(17)19)10-11-7-4-5-8-12(11)16/h4-5,7-8,10H,2-3,6,9H2,1H3/b13-10+. The molecule has 106 valence electrons. The van der Waals surface area contributed by atoms with E-state index in [1.807, 2.05) is 0 Å². The number of halogens is 1. The van der Waals surface area contributed by atoms with E-state index in [0.717, 1.165) is 19.3 Å². The molecule has 2 rings (SSSR count). The lowest BCUT2D eigenvalue weighted by molar-refractivity contribution is -0.122. The van der Waals surface area contributed by atoms with Gasteiger partial charge in [-0.2, -0.15) is 0 Å². The summed E-state index contributed by atoms with van der Waals surface area (Å²) in [5.41, 5.74) is 0.418. The highest BCUT2D eigenvalue weighted by atomic mass is 32.2. The lowest BCUT2D eigenvalue weighted by atomic mass is 10.2. The van der Waals surface area contributed by atoms with Crippen molar-refractivity contribution in [2.24, 2.45) is 0 Å². The maximum atomic E-state index is 13.6. The van der Waals surface area contributed by atoms with E-state index >= 15 is 0 Å². The highest BCUT2D eigenvalue weighted by molar-refractivity contribution is 8.26. The van der Waals surface area contributed by atoms with Gasteiger partial charge in [-0.25, -0.2) is 4.39 Å². The second-order valence-corrected chi connectivity index (χ2v) is 6.24. The minimum Gasteiger partial charge on any atom is -0.293 e. The van der Waals surface area contributed by atoms with Gasteiger partial charge in [0.1, 0.15) is 10.1 Å². The molecule has 1 aromatic carbocycles. The summed E-state index contributed by atoms with van der Waals surface area (Å²) in [5, 5.41) is 0. The van der Waals surface area contributed by atoms with E-state index < -0.39 is 0 Å². The first-order valence-electron chi connectivity index (χ1n) is 6.63. The number of thiocarbonyl (C=S) groups is 1. The summed E-state index contributed by atoms with van der Waals surface area (Å²) in [6, 6.07) is 6.41. The molecule has 5 heteroatoms. The number of carbonyl (C=O) groups is 1. The second kappa shape index (κ2) is 6.99. The topological polar surface area (TPSA) is 20.3 Å². The van der Waals surface area contributed by atoms with Crippen molar-refractivity contribution in [2.45, 2.75) is 26.2 Å². The highest BCUT2D eigenvalue weighted by Crippen LogP contribution is 2.33. The number of hydrogen-bond donors (Lipinski definition) is 0. The molecule has 0 bridgehead atoms. The van der Waals surface area contributed by atoms with Crippen molar-refractivity contribution in [3.05, 3.63) is 40.6 Å². The van der Waals surface area contributed by atoms with Crippen LogP contribution in [0.5, 0.6) is 0 Å². The van der Waals surface area contributed by atoms with Gasteiger partial charge in [0.2, 0.25) is 0 Å². The zero-order valence-corrected chi connectivity index (χ0v) is 12.9. The largest absolute Gasteiger partial charge is 0.293 e. The van der Waals surface area contributed by atoms with Crippen LogP contribution in [0, 0.1) is 5.82 Å². The predicted molar refractivity (Wildman–Crippen MR) is 85.8 cm³/mol. The quantitative estimate of drug-likeness (QED) is 0.461. The van der Waals surface area contributed by atoms with Crippen LogP contribution >= 0.6 is 24.0 Å². The monoisotopic (exact) mass is 309 g/mol. The summed E-state index contributed by atoms with van der Waals surface area (Å²) in [5.74, 6) is -0.442. The Balaban J connectivity index is 2.13. The van der Waals surface area contributed by atoms with Crippen molar-refractivity contribution >= 4 is 40.3 Å². The Morgan fingerprint density at radius 3 is 2.80 bits per heavy atom. The van der Waals surface area contributed by atoms with Gasteiger partial charge in [-0.3, -0.25) is 9.69 Å². The van der Waals surface area contributed by atoms with Crippen LogP contribution in [-0.4, -0.2) is 21.7 Å². The number of benzene rings is 1. The minimum absolute atomic E-state index is 0.112. The molecule has 0 aliphatic carbocycles. The van der Waals surface area contributed by atoms with Gasteiger partial charge in [-0.05, 0) is 18.6 Å². The third kappa shape index (κ3) is 3.46. The van der Waals surface area contributed by atoms with Crippen molar-refractivity contribution < 1.29 is 9.18 Å². The Labute approximate surface area is 128 Å². The fraction of sp³-hybridized carbons (Fsp3) is 0.333. The first-order chi connectivity index (χ1) is 9.63. The van der Waals surface area contributed by atoms with E-state index in [4.69, 9.17) is 12.2 Å². The molecule has 0 saturated carbocycles. The van der Waals surface area contributed by atoms with Gasteiger partial charge in [0.05, 0.1) is 4.91 Å². The average Bonchev–Trinajstić information content (AvgIpc) is 2.69. The molecule has 1 aromatic rings. The molecule has 1 aliphatic heterocycles. The zero-order valence-electron chi connectivity index (χ0n) is 11.3. The molecule has 0 unspecified atom stereocenters. The van der Waals surface area contributed by atoms with Gasteiger partial charge < -0.3 is 0 Å². The summed E-state index contributed by atoms with van der Waals surface area (Å²) >= 11 is 6.47. The van der Waals surface area contributed by atoms with Crippen molar-refractivity contribution in [3.8, 4) is 0 Å². The summed E-state index contributed by atoms with van der Waals surface area (Å²) in [6.45, 7) is 2.76. The van der Waals surface area contributed by atoms with Crippen molar-refractivity contribution in [1.82, 2.24) is 4.90 Å². The van der Waals surface area contributed by atoms with Crippen molar-refractivity contribution in [1.29, 1.82) is 0 Å². The molecule has 20 heavy (non-hydrogen) atoms. The maximum absolute atomic E-state index is 13.6. The number of thioether (sulfide) groups is 1. The summed E-state index contributed by atoms with van der Waals surface area (Å²) < 4.78 is 14.2. The van der Waals surface area contributed by atoms with E-state index in [9.17, 15) is 9.18 Å². The van der Waals surface area contributed by atoms with Crippen LogP contribution in [-0.2, 0) is 4.79 Å². The molecule has 2 nitrogen and oxygen atoms in total. The fourth-order valence-corrected chi connectivity index (χ4v) is 3.25. The van der Waals surface area contributed by atoms with Crippen LogP contribution in [0.1, 0.15) is 31.7 Å². The van der Waals surface area contributed by atoms with Crippen LogP contribution in [0.2, 0.25) is 0 Å². The SMILES string of the molecule is CCCCCN1C(=O)/C(=C\c2ccccc2F)SC1=S. The zero-order chi connectivity index (χ0) is 14.5. The third-order valence-electron chi connectivity index (χ3n) is 3.05. The molecule has 0 N–H and O–H groups in total. The molecule has 1 heterocycles. The molecule has 0 spiro atoms.